The zero-order valence-corrected chi connectivity index (χ0v) is 17.1. The SMILES string of the molecule is OC(Cn1ccc(C=Cc2ccccc2Cl)c1)(Cn1cncn1)c1ccc(F)cc1F. The first-order valence-electron chi connectivity index (χ1n) is 9.52. The van der Waals surface area contributed by atoms with Gasteiger partial charge in [-0.05, 0) is 29.3 Å². The predicted molar refractivity (Wildman–Crippen MR) is 115 cm³/mol. The second-order valence-corrected chi connectivity index (χ2v) is 7.63. The lowest BCUT2D eigenvalue weighted by atomic mass is 9.92. The number of aromatic nitrogens is 4. The van der Waals surface area contributed by atoms with Crippen molar-refractivity contribution in [2.24, 2.45) is 0 Å². The van der Waals surface area contributed by atoms with Crippen LogP contribution >= 0.6 is 11.6 Å². The normalized spacial score (nSPS) is 13.5. The first-order valence-corrected chi connectivity index (χ1v) is 9.89. The Kier molecular flexibility index (Phi) is 5.97. The average Bonchev–Trinajstić information content (AvgIpc) is 3.39. The molecule has 0 aliphatic carbocycles. The third kappa shape index (κ3) is 4.90. The van der Waals surface area contributed by atoms with Gasteiger partial charge in [0.05, 0.1) is 13.1 Å². The quantitative estimate of drug-likeness (QED) is 0.450. The molecule has 0 spiro atoms. The van der Waals surface area contributed by atoms with E-state index in [0.29, 0.717) is 5.02 Å². The molecule has 5 nitrogen and oxygen atoms in total. The highest BCUT2D eigenvalue weighted by atomic mass is 35.5. The second kappa shape index (κ2) is 8.83. The number of hydrogen-bond donors (Lipinski definition) is 1. The van der Waals surface area contributed by atoms with E-state index in [1.165, 1.54) is 23.4 Å². The van der Waals surface area contributed by atoms with Gasteiger partial charge in [-0.3, -0.25) is 0 Å². The lowest BCUT2D eigenvalue weighted by Crippen LogP contribution is -2.37. The van der Waals surface area contributed by atoms with Crippen LogP contribution < -0.4 is 0 Å². The molecule has 0 aliphatic heterocycles. The van der Waals surface area contributed by atoms with Crippen LogP contribution in [-0.2, 0) is 18.7 Å². The molecule has 0 fully saturated rings. The third-order valence-corrected chi connectivity index (χ3v) is 5.24. The molecule has 0 bridgehead atoms. The van der Waals surface area contributed by atoms with Gasteiger partial charge >= 0.3 is 0 Å². The summed E-state index contributed by atoms with van der Waals surface area (Å²) in [7, 11) is 0. The van der Waals surface area contributed by atoms with E-state index in [1.807, 2.05) is 48.7 Å². The first-order chi connectivity index (χ1) is 14.9. The molecule has 2 heterocycles. The molecule has 0 saturated carbocycles. The molecule has 0 aliphatic rings. The first kappa shape index (κ1) is 21.0. The summed E-state index contributed by atoms with van der Waals surface area (Å²) in [5.41, 5.74) is 0.0515. The van der Waals surface area contributed by atoms with E-state index in [1.54, 1.807) is 10.8 Å². The summed E-state index contributed by atoms with van der Waals surface area (Å²) >= 11 is 6.18. The van der Waals surface area contributed by atoms with E-state index in [0.717, 1.165) is 23.3 Å². The maximum atomic E-state index is 14.6. The maximum Gasteiger partial charge on any atom is 0.137 e. The molecule has 158 valence electrons. The molecule has 1 atom stereocenters. The number of aliphatic hydroxyl groups is 1. The van der Waals surface area contributed by atoms with E-state index in [2.05, 4.69) is 10.1 Å². The van der Waals surface area contributed by atoms with Gasteiger partial charge in [0.25, 0.3) is 0 Å². The average molecular weight is 441 g/mol. The van der Waals surface area contributed by atoms with Crippen LogP contribution in [0.5, 0.6) is 0 Å². The number of halogens is 3. The molecule has 0 radical (unpaired) electrons. The highest BCUT2D eigenvalue weighted by molar-refractivity contribution is 6.32. The van der Waals surface area contributed by atoms with Gasteiger partial charge < -0.3 is 9.67 Å². The second-order valence-electron chi connectivity index (χ2n) is 7.22. The highest BCUT2D eigenvalue weighted by Gasteiger charge is 2.34. The Morgan fingerprint density at radius 3 is 2.65 bits per heavy atom. The van der Waals surface area contributed by atoms with Crippen molar-refractivity contribution in [1.82, 2.24) is 19.3 Å². The minimum Gasteiger partial charge on any atom is -0.381 e. The zero-order valence-electron chi connectivity index (χ0n) is 16.4. The highest BCUT2D eigenvalue weighted by Crippen LogP contribution is 2.29. The molecule has 31 heavy (non-hydrogen) atoms. The van der Waals surface area contributed by atoms with Crippen LogP contribution in [0, 0.1) is 11.6 Å². The van der Waals surface area contributed by atoms with Crippen molar-refractivity contribution in [2.75, 3.05) is 0 Å². The summed E-state index contributed by atoms with van der Waals surface area (Å²) in [6, 6.07) is 12.5. The number of nitrogens with zero attached hydrogens (tertiary/aromatic N) is 4. The van der Waals surface area contributed by atoms with Gasteiger partial charge in [-0.15, -0.1) is 0 Å². The summed E-state index contributed by atoms with van der Waals surface area (Å²) < 4.78 is 31.1. The van der Waals surface area contributed by atoms with E-state index in [4.69, 9.17) is 11.6 Å². The van der Waals surface area contributed by atoms with Gasteiger partial charge in [-0.2, -0.15) is 5.10 Å². The van der Waals surface area contributed by atoms with Crippen molar-refractivity contribution in [3.8, 4) is 0 Å². The Morgan fingerprint density at radius 2 is 1.90 bits per heavy atom. The Hall–Kier alpha value is -3.29. The van der Waals surface area contributed by atoms with Gasteiger partial charge in [0, 0.05) is 29.0 Å². The molecular weight excluding hydrogens is 422 g/mol. The number of benzene rings is 2. The number of hydrogen-bond acceptors (Lipinski definition) is 3. The molecule has 4 aromatic rings. The summed E-state index contributed by atoms with van der Waals surface area (Å²) in [6.45, 7) is -0.0339. The van der Waals surface area contributed by atoms with Crippen molar-refractivity contribution in [3.05, 3.63) is 107 Å². The molecule has 2 aromatic carbocycles. The van der Waals surface area contributed by atoms with Crippen molar-refractivity contribution in [3.63, 3.8) is 0 Å². The van der Waals surface area contributed by atoms with Crippen molar-refractivity contribution in [1.29, 1.82) is 0 Å². The molecule has 8 heteroatoms. The van der Waals surface area contributed by atoms with Crippen molar-refractivity contribution < 1.29 is 13.9 Å². The Bertz CT molecular complexity index is 1210. The van der Waals surface area contributed by atoms with Crippen molar-refractivity contribution in [2.45, 2.75) is 18.7 Å². The predicted octanol–water partition coefficient (Wildman–Crippen LogP) is 4.77. The van der Waals surface area contributed by atoms with Gasteiger partial charge in [-0.25, -0.2) is 18.4 Å². The minimum absolute atomic E-state index is 0.0220. The topological polar surface area (TPSA) is 55.9 Å². The van der Waals surface area contributed by atoms with Crippen LogP contribution in [0.2, 0.25) is 5.02 Å². The smallest absolute Gasteiger partial charge is 0.137 e. The van der Waals surface area contributed by atoms with E-state index >= 15 is 0 Å². The van der Waals surface area contributed by atoms with Gasteiger partial charge in [0.2, 0.25) is 0 Å². The largest absolute Gasteiger partial charge is 0.381 e. The van der Waals surface area contributed by atoms with E-state index in [-0.39, 0.29) is 18.7 Å². The summed E-state index contributed by atoms with van der Waals surface area (Å²) in [5, 5.41) is 16.1. The van der Waals surface area contributed by atoms with Crippen LogP contribution in [-0.4, -0.2) is 24.4 Å². The van der Waals surface area contributed by atoms with E-state index < -0.39 is 17.2 Å². The summed E-state index contributed by atoms with van der Waals surface area (Å²) in [5.74, 6) is -1.54. The number of rotatable bonds is 7. The van der Waals surface area contributed by atoms with Crippen LogP contribution in [0.3, 0.4) is 0 Å². The fourth-order valence-corrected chi connectivity index (χ4v) is 3.62. The molecule has 1 unspecified atom stereocenters. The van der Waals surface area contributed by atoms with Crippen LogP contribution in [0.25, 0.3) is 12.2 Å². The van der Waals surface area contributed by atoms with Gasteiger partial charge in [0.15, 0.2) is 0 Å². The molecule has 4 rings (SSSR count). The lowest BCUT2D eigenvalue weighted by molar-refractivity contribution is -0.00534. The zero-order chi connectivity index (χ0) is 21.8. The molecule has 1 N–H and O–H groups in total. The van der Waals surface area contributed by atoms with Crippen LogP contribution in [0.1, 0.15) is 16.7 Å². The van der Waals surface area contributed by atoms with Crippen molar-refractivity contribution >= 4 is 23.8 Å². The summed E-state index contributed by atoms with van der Waals surface area (Å²) in [6.07, 6.45) is 10.1. The standard InChI is InChI=1S/C23H19ClF2N4O/c24-21-4-2-1-3-18(21)6-5-17-9-10-29(12-17)13-23(31,14-30-16-27-15-28-30)20-8-7-19(25)11-22(20)26/h1-12,15-16,31H,13-14H2. The molecule has 0 saturated heterocycles. The molecular formula is C23H19ClF2N4O. The van der Waals surface area contributed by atoms with Gasteiger partial charge in [0.1, 0.15) is 29.9 Å². The van der Waals surface area contributed by atoms with Crippen LogP contribution in [0.15, 0.2) is 73.6 Å². The summed E-state index contributed by atoms with van der Waals surface area (Å²) in [4.78, 5) is 3.87. The minimum atomic E-state index is -1.69. The van der Waals surface area contributed by atoms with Gasteiger partial charge in [-0.1, -0.05) is 48.0 Å². The Morgan fingerprint density at radius 1 is 1.06 bits per heavy atom. The maximum absolute atomic E-state index is 14.6. The molecule has 2 aromatic heterocycles. The fraction of sp³-hybridized carbons (Fsp3) is 0.130. The Balaban J connectivity index is 1.61. The monoisotopic (exact) mass is 440 g/mol. The van der Waals surface area contributed by atoms with E-state index in [9.17, 15) is 13.9 Å². The lowest BCUT2D eigenvalue weighted by Gasteiger charge is -2.29. The molecule has 0 amide bonds. The third-order valence-electron chi connectivity index (χ3n) is 4.90. The fourth-order valence-electron chi connectivity index (χ4n) is 3.42. The Labute approximate surface area is 182 Å². The van der Waals surface area contributed by atoms with Crippen LogP contribution in [0.4, 0.5) is 8.78 Å².